The minimum atomic E-state index is 0.451. The van der Waals surface area contributed by atoms with Crippen LogP contribution >= 0.6 is 0 Å². The number of benzene rings is 1. The maximum absolute atomic E-state index is 3.69. The van der Waals surface area contributed by atoms with Crippen LogP contribution in [0.15, 0.2) is 24.3 Å². The van der Waals surface area contributed by atoms with Crippen molar-refractivity contribution in [1.29, 1.82) is 0 Å². The maximum atomic E-state index is 3.69. The molecule has 0 heterocycles. The number of rotatable bonds is 8. The summed E-state index contributed by atoms with van der Waals surface area (Å²) in [6.07, 6.45) is 6.40. The molecule has 1 nitrogen and oxygen atoms in total. The van der Waals surface area contributed by atoms with Crippen molar-refractivity contribution < 1.29 is 0 Å². The van der Waals surface area contributed by atoms with E-state index in [9.17, 15) is 0 Å². The van der Waals surface area contributed by atoms with Gasteiger partial charge in [0, 0.05) is 12.1 Å². The number of hydrogen-bond acceptors (Lipinski definition) is 1. The summed E-state index contributed by atoms with van der Waals surface area (Å²) in [4.78, 5) is 0. The summed E-state index contributed by atoms with van der Waals surface area (Å²) in [6, 6.07) is 10.1. The number of nitrogens with one attached hydrogen (secondary N) is 1. The van der Waals surface area contributed by atoms with Crippen LogP contribution in [-0.2, 0) is 6.42 Å². The van der Waals surface area contributed by atoms with Gasteiger partial charge in [-0.2, -0.15) is 0 Å². The van der Waals surface area contributed by atoms with Crippen LogP contribution in [0.5, 0.6) is 0 Å². The first kappa shape index (κ1) is 15.2. The third-order valence-corrected chi connectivity index (χ3v) is 3.66. The molecule has 1 heteroatoms. The van der Waals surface area contributed by atoms with Crippen LogP contribution in [0.4, 0.5) is 0 Å². The summed E-state index contributed by atoms with van der Waals surface area (Å²) >= 11 is 0. The van der Waals surface area contributed by atoms with Crippen LogP contribution in [0.3, 0.4) is 0 Å². The van der Waals surface area contributed by atoms with E-state index >= 15 is 0 Å². The molecule has 0 saturated heterocycles. The number of hydrogen-bond donors (Lipinski definition) is 1. The highest BCUT2D eigenvalue weighted by atomic mass is 14.9. The average Bonchev–Trinajstić information content (AvgIpc) is 2.39. The number of aryl methyl sites for hydroxylation is 1. The van der Waals surface area contributed by atoms with Crippen LogP contribution in [0.2, 0.25) is 0 Å². The highest BCUT2D eigenvalue weighted by Gasteiger charge is 2.08. The van der Waals surface area contributed by atoms with E-state index in [0.717, 1.165) is 6.42 Å². The van der Waals surface area contributed by atoms with Gasteiger partial charge in [-0.15, -0.1) is 0 Å². The van der Waals surface area contributed by atoms with Gasteiger partial charge in [0.1, 0.15) is 0 Å². The first-order chi connectivity index (χ1) is 8.67. The van der Waals surface area contributed by atoms with Gasteiger partial charge in [0.2, 0.25) is 0 Å². The summed E-state index contributed by atoms with van der Waals surface area (Å²) in [5.41, 5.74) is 2.82. The predicted molar refractivity (Wildman–Crippen MR) is 81.0 cm³/mol. The molecule has 18 heavy (non-hydrogen) atoms. The van der Waals surface area contributed by atoms with Crippen molar-refractivity contribution >= 4 is 0 Å². The molecule has 2 unspecified atom stereocenters. The molecule has 0 radical (unpaired) electrons. The summed E-state index contributed by atoms with van der Waals surface area (Å²) in [5.74, 6) is 0. The Hall–Kier alpha value is -0.820. The fraction of sp³-hybridized carbons (Fsp3) is 0.647. The maximum Gasteiger partial charge on any atom is 0.0294 e. The van der Waals surface area contributed by atoms with Crippen molar-refractivity contribution in [3.63, 3.8) is 0 Å². The Morgan fingerprint density at radius 1 is 1.00 bits per heavy atom. The van der Waals surface area contributed by atoms with Gasteiger partial charge >= 0.3 is 0 Å². The third-order valence-electron chi connectivity index (χ3n) is 3.66. The minimum Gasteiger partial charge on any atom is -0.308 e. The third kappa shape index (κ3) is 5.22. The fourth-order valence-electron chi connectivity index (χ4n) is 2.35. The summed E-state index contributed by atoms with van der Waals surface area (Å²) in [6.45, 7) is 9.02. The summed E-state index contributed by atoms with van der Waals surface area (Å²) < 4.78 is 0. The Kier molecular flexibility index (Phi) is 7.04. The highest BCUT2D eigenvalue weighted by molar-refractivity contribution is 5.24. The molecule has 0 aromatic heterocycles. The molecule has 1 rings (SSSR count). The first-order valence-corrected chi connectivity index (χ1v) is 7.52. The first-order valence-electron chi connectivity index (χ1n) is 7.52. The molecule has 0 amide bonds. The Balaban J connectivity index is 2.40. The van der Waals surface area contributed by atoms with Crippen LogP contribution in [0.25, 0.3) is 0 Å². The van der Waals surface area contributed by atoms with Gasteiger partial charge in [-0.25, -0.2) is 0 Å². The Labute approximate surface area is 113 Å². The van der Waals surface area contributed by atoms with E-state index in [2.05, 4.69) is 57.3 Å². The van der Waals surface area contributed by atoms with Crippen LogP contribution in [-0.4, -0.2) is 6.04 Å². The molecular weight excluding hydrogens is 218 g/mol. The second kappa shape index (κ2) is 8.31. The van der Waals surface area contributed by atoms with Crippen molar-refractivity contribution in [3.05, 3.63) is 35.4 Å². The largest absolute Gasteiger partial charge is 0.308 e. The van der Waals surface area contributed by atoms with E-state index in [1.165, 1.54) is 36.8 Å². The standard InChI is InChI=1S/C17H29N/c1-5-7-8-9-14(3)18-15(4)17-12-10-16(6-2)11-13-17/h10-15,18H,5-9H2,1-4H3. The topological polar surface area (TPSA) is 12.0 Å². The molecule has 0 aliphatic rings. The monoisotopic (exact) mass is 247 g/mol. The quantitative estimate of drug-likeness (QED) is 0.646. The van der Waals surface area contributed by atoms with Crippen molar-refractivity contribution in [3.8, 4) is 0 Å². The van der Waals surface area contributed by atoms with Gasteiger partial charge in [-0.1, -0.05) is 57.4 Å². The Bertz CT molecular complexity index is 315. The van der Waals surface area contributed by atoms with Gasteiger partial charge in [-0.05, 0) is 37.8 Å². The van der Waals surface area contributed by atoms with E-state index in [1.807, 2.05) is 0 Å². The normalized spacial score (nSPS) is 14.4. The zero-order valence-corrected chi connectivity index (χ0v) is 12.5. The van der Waals surface area contributed by atoms with E-state index in [4.69, 9.17) is 0 Å². The summed E-state index contributed by atoms with van der Waals surface area (Å²) in [5, 5.41) is 3.69. The van der Waals surface area contributed by atoms with Gasteiger partial charge in [0.15, 0.2) is 0 Å². The van der Waals surface area contributed by atoms with Crippen LogP contribution in [0.1, 0.15) is 70.5 Å². The van der Waals surface area contributed by atoms with Crippen molar-refractivity contribution in [2.24, 2.45) is 0 Å². The van der Waals surface area contributed by atoms with Crippen LogP contribution in [0, 0.1) is 0 Å². The van der Waals surface area contributed by atoms with Crippen molar-refractivity contribution in [2.45, 2.75) is 71.9 Å². The smallest absolute Gasteiger partial charge is 0.0294 e. The molecule has 0 bridgehead atoms. The van der Waals surface area contributed by atoms with Gasteiger partial charge < -0.3 is 5.32 Å². The van der Waals surface area contributed by atoms with Crippen molar-refractivity contribution in [2.75, 3.05) is 0 Å². The lowest BCUT2D eigenvalue weighted by Gasteiger charge is -2.20. The molecule has 1 aromatic carbocycles. The van der Waals surface area contributed by atoms with Crippen LogP contribution < -0.4 is 5.32 Å². The second-order valence-corrected chi connectivity index (χ2v) is 5.38. The SMILES string of the molecule is CCCCCC(C)NC(C)c1ccc(CC)cc1. The lowest BCUT2D eigenvalue weighted by Crippen LogP contribution is -2.28. The second-order valence-electron chi connectivity index (χ2n) is 5.38. The molecule has 1 aromatic rings. The van der Waals surface area contributed by atoms with Gasteiger partial charge in [0.25, 0.3) is 0 Å². The Morgan fingerprint density at radius 2 is 1.67 bits per heavy atom. The average molecular weight is 247 g/mol. The molecule has 0 spiro atoms. The summed E-state index contributed by atoms with van der Waals surface area (Å²) in [7, 11) is 0. The van der Waals surface area contributed by atoms with Gasteiger partial charge in [0.05, 0.1) is 0 Å². The van der Waals surface area contributed by atoms with E-state index < -0.39 is 0 Å². The molecule has 0 aliphatic carbocycles. The predicted octanol–water partition coefficient (Wildman–Crippen LogP) is 4.87. The molecule has 1 N–H and O–H groups in total. The molecule has 0 aliphatic heterocycles. The zero-order valence-electron chi connectivity index (χ0n) is 12.5. The molecule has 102 valence electrons. The fourth-order valence-corrected chi connectivity index (χ4v) is 2.35. The molecule has 0 fully saturated rings. The molecular formula is C17H29N. The molecule has 0 saturated carbocycles. The van der Waals surface area contributed by atoms with E-state index in [-0.39, 0.29) is 0 Å². The highest BCUT2D eigenvalue weighted by Crippen LogP contribution is 2.15. The van der Waals surface area contributed by atoms with Gasteiger partial charge in [-0.3, -0.25) is 0 Å². The zero-order chi connectivity index (χ0) is 13.4. The van der Waals surface area contributed by atoms with E-state index in [1.54, 1.807) is 0 Å². The lowest BCUT2D eigenvalue weighted by molar-refractivity contribution is 0.440. The Morgan fingerprint density at radius 3 is 2.22 bits per heavy atom. The lowest BCUT2D eigenvalue weighted by atomic mass is 10.0. The number of unbranched alkanes of at least 4 members (excludes halogenated alkanes) is 2. The molecule has 2 atom stereocenters. The van der Waals surface area contributed by atoms with E-state index in [0.29, 0.717) is 12.1 Å². The van der Waals surface area contributed by atoms with Crippen molar-refractivity contribution in [1.82, 2.24) is 5.32 Å². The minimum absolute atomic E-state index is 0.451.